The molecule has 1 aromatic carbocycles. The van der Waals surface area contributed by atoms with Gasteiger partial charge in [0.05, 0.1) is 0 Å². The van der Waals surface area contributed by atoms with E-state index in [1.807, 2.05) is 0 Å². The first-order valence-corrected chi connectivity index (χ1v) is 7.36. The van der Waals surface area contributed by atoms with Gasteiger partial charge in [-0.25, -0.2) is 0 Å². The zero-order valence-electron chi connectivity index (χ0n) is 11.4. The van der Waals surface area contributed by atoms with E-state index in [0.717, 1.165) is 24.7 Å². The summed E-state index contributed by atoms with van der Waals surface area (Å²) < 4.78 is 0. The molecular weight excluding hydrogens is 244 g/mol. The molecule has 100 valence electrons. The Hall–Kier alpha value is -0.730. The van der Waals surface area contributed by atoms with Crippen molar-refractivity contribution >= 4 is 17.3 Å². The molecule has 1 atom stereocenters. The molecule has 0 aromatic heterocycles. The van der Waals surface area contributed by atoms with Gasteiger partial charge in [0.15, 0.2) is 0 Å². The van der Waals surface area contributed by atoms with Crippen LogP contribution in [-0.4, -0.2) is 19.1 Å². The van der Waals surface area contributed by atoms with Crippen LogP contribution in [0.1, 0.15) is 38.7 Å². The van der Waals surface area contributed by atoms with Crippen LogP contribution in [0.15, 0.2) is 18.2 Å². The Bertz CT molecular complexity index is 392. The van der Waals surface area contributed by atoms with Crippen LogP contribution >= 0.6 is 11.6 Å². The lowest BCUT2D eigenvalue weighted by Crippen LogP contribution is -2.37. The van der Waals surface area contributed by atoms with Gasteiger partial charge < -0.3 is 10.2 Å². The number of benzene rings is 1. The molecule has 0 aliphatic carbocycles. The minimum atomic E-state index is 0.634. The topological polar surface area (TPSA) is 15.3 Å². The van der Waals surface area contributed by atoms with E-state index in [0.29, 0.717) is 6.04 Å². The Kier molecular flexibility index (Phi) is 4.90. The van der Waals surface area contributed by atoms with Crippen molar-refractivity contribution in [2.75, 3.05) is 18.0 Å². The van der Waals surface area contributed by atoms with E-state index in [9.17, 15) is 0 Å². The third-order valence-corrected chi connectivity index (χ3v) is 4.09. The van der Waals surface area contributed by atoms with Crippen molar-refractivity contribution in [3.8, 4) is 0 Å². The summed E-state index contributed by atoms with van der Waals surface area (Å²) in [6, 6.07) is 7.12. The molecule has 3 heteroatoms. The average Bonchev–Trinajstić information content (AvgIpc) is 2.38. The van der Waals surface area contributed by atoms with E-state index in [4.69, 9.17) is 11.6 Å². The van der Waals surface area contributed by atoms with E-state index >= 15 is 0 Å². The molecular formula is C15H23ClN2. The summed E-state index contributed by atoms with van der Waals surface area (Å²) >= 11 is 6.37. The fraction of sp³-hybridized carbons (Fsp3) is 0.600. The van der Waals surface area contributed by atoms with Crippen molar-refractivity contribution in [2.24, 2.45) is 0 Å². The summed E-state index contributed by atoms with van der Waals surface area (Å²) in [6.45, 7) is 7.40. The van der Waals surface area contributed by atoms with Crippen molar-refractivity contribution in [1.29, 1.82) is 0 Å². The normalized spacial score (nSPS) is 20.2. The second kappa shape index (κ2) is 6.44. The van der Waals surface area contributed by atoms with Gasteiger partial charge in [0.25, 0.3) is 0 Å². The van der Waals surface area contributed by atoms with Crippen LogP contribution in [-0.2, 0) is 6.54 Å². The Labute approximate surface area is 115 Å². The molecule has 0 amide bonds. The van der Waals surface area contributed by atoms with Gasteiger partial charge in [-0.2, -0.15) is 0 Å². The maximum absolute atomic E-state index is 6.37. The zero-order valence-corrected chi connectivity index (χ0v) is 12.1. The monoisotopic (exact) mass is 266 g/mol. The molecule has 18 heavy (non-hydrogen) atoms. The number of nitrogens with zero attached hydrogens (tertiary/aromatic N) is 1. The number of rotatable bonds is 4. The minimum Gasteiger partial charge on any atom is -0.369 e. The van der Waals surface area contributed by atoms with Gasteiger partial charge in [0.1, 0.15) is 0 Å². The van der Waals surface area contributed by atoms with Gasteiger partial charge in [-0.1, -0.05) is 24.6 Å². The number of piperidine rings is 1. The van der Waals surface area contributed by atoms with Gasteiger partial charge in [0.2, 0.25) is 0 Å². The summed E-state index contributed by atoms with van der Waals surface area (Å²) in [7, 11) is 0. The van der Waals surface area contributed by atoms with E-state index in [1.54, 1.807) is 0 Å². The molecule has 0 spiro atoms. The lowest BCUT2D eigenvalue weighted by molar-refractivity contribution is 0.485. The third kappa shape index (κ3) is 3.18. The second-order valence-electron chi connectivity index (χ2n) is 5.09. The Balaban J connectivity index is 2.12. The van der Waals surface area contributed by atoms with Gasteiger partial charge in [-0.3, -0.25) is 0 Å². The van der Waals surface area contributed by atoms with Crippen molar-refractivity contribution in [2.45, 2.75) is 45.7 Å². The molecule has 1 heterocycles. The van der Waals surface area contributed by atoms with Crippen molar-refractivity contribution in [3.63, 3.8) is 0 Å². The molecule has 1 fully saturated rings. The van der Waals surface area contributed by atoms with Gasteiger partial charge in [-0.05, 0) is 50.4 Å². The van der Waals surface area contributed by atoms with Gasteiger partial charge in [0, 0.05) is 29.8 Å². The summed E-state index contributed by atoms with van der Waals surface area (Å²) in [5.74, 6) is 0. The summed E-state index contributed by atoms with van der Waals surface area (Å²) in [5.41, 5.74) is 2.46. The van der Waals surface area contributed by atoms with Crippen LogP contribution in [0.4, 0.5) is 5.69 Å². The minimum absolute atomic E-state index is 0.634. The lowest BCUT2D eigenvalue weighted by atomic mass is 10.0. The first-order valence-electron chi connectivity index (χ1n) is 6.98. The Morgan fingerprint density at radius 3 is 2.89 bits per heavy atom. The molecule has 1 N–H and O–H groups in total. The SMILES string of the molecule is CCNCc1ccc(N2CCCCC2C)cc1Cl. The van der Waals surface area contributed by atoms with Crippen LogP contribution in [0.5, 0.6) is 0 Å². The number of hydrogen-bond acceptors (Lipinski definition) is 2. The first kappa shape index (κ1) is 13.7. The number of halogens is 1. The molecule has 1 aliphatic rings. The molecule has 0 bridgehead atoms. The van der Waals surface area contributed by atoms with E-state index < -0.39 is 0 Å². The van der Waals surface area contributed by atoms with Crippen molar-refractivity contribution < 1.29 is 0 Å². The van der Waals surface area contributed by atoms with Crippen molar-refractivity contribution in [1.82, 2.24) is 5.32 Å². The predicted molar refractivity (Wildman–Crippen MR) is 79.5 cm³/mol. The van der Waals surface area contributed by atoms with Crippen LogP contribution in [0.25, 0.3) is 0 Å². The highest BCUT2D eigenvalue weighted by Crippen LogP contribution is 2.28. The molecule has 0 saturated carbocycles. The maximum Gasteiger partial charge on any atom is 0.0471 e. The maximum atomic E-state index is 6.37. The molecule has 1 aliphatic heterocycles. The second-order valence-corrected chi connectivity index (χ2v) is 5.50. The molecule has 1 aromatic rings. The van der Waals surface area contributed by atoms with Crippen molar-refractivity contribution in [3.05, 3.63) is 28.8 Å². The zero-order chi connectivity index (χ0) is 13.0. The van der Waals surface area contributed by atoms with Gasteiger partial charge in [-0.15, -0.1) is 0 Å². The van der Waals surface area contributed by atoms with E-state index in [-0.39, 0.29) is 0 Å². The largest absolute Gasteiger partial charge is 0.369 e. The third-order valence-electron chi connectivity index (χ3n) is 3.74. The van der Waals surface area contributed by atoms with Gasteiger partial charge >= 0.3 is 0 Å². The molecule has 2 rings (SSSR count). The predicted octanol–water partition coefficient (Wildman–Crippen LogP) is 3.83. The fourth-order valence-corrected chi connectivity index (χ4v) is 2.84. The highest BCUT2D eigenvalue weighted by molar-refractivity contribution is 6.31. The molecule has 1 unspecified atom stereocenters. The first-order chi connectivity index (χ1) is 8.72. The number of nitrogens with one attached hydrogen (secondary N) is 1. The van der Waals surface area contributed by atoms with E-state index in [1.165, 1.54) is 30.5 Å². The molecule has 2 nitrogen and oxygen atoms in total. The Morgan fingerprint density at radius 2 is 2.22 bits per heavy atom. The van der Waals surface area contributed by atoms with Crippen LogP contribution in [0, 0.1) is 0 Å². The Morgan fingerprint density at radius 1 is 1.39 bits per heavy atom. The quantitative estimate of drug-likeness (QED) is 0.891. The fourth-order valence-electron chi connectivity index (χ4n) is 2.60. The lowest BCUT2D eigenvalue weighted by Gasteiger charge is -2.35. The number of hydrogen-bond donors (Lipinski definition) is 1. The van der Waals surface area contributed by atoms with Crippen LogP contribution < -0.4 is 10.2 Å². The summed E-state index contributed by atoms with van der Waals surface area (Å²) in [6.07, 6.45) is 3.93. The highest BCUT2D eigenvalue weighted by atomic mass is 35.5. The summed E-state index contributed by atoms with van der Waals surface area (Å²) in [4.78, 5) is 2.48. The van der Waals surface area contributed by atoms with Crippen LogP contribution in [0.3, 0.4) is 0 Å². The molecule has 1 saturated heterocycles. The summed E-state index contributed by atoms with van der Waals surface area (Å²) in [5, 5.41) is 4.20. The number of anilines is 1. The smallest absolute Gasteiger partial charge is 0.0471 e. The average molecular weight is 267 g/mol. The van der Waals surface area contributed by atoms with Crippen LogP contribution in [0.2, 0.25) is 5.02 Å². The highest BCUT2D eigenvalue weighted by Gasteiger charge is 2.18. The standard InChI is InChI=1S/C15H23ClN2/c1-3-17-11-13-7-8-14(10-15(13)16)18-9-5-4-6-12(18)2/h7-8,10,12,17H,3-6,9,11H2,1-2H3. The molecule has 0 radical (unpaired) electrons. The van der Waals surface area contributed by atoms with E-state index in [2.05, 4.69) is 42.3 Å².